The summed E-state index contributed by atoms with van der Waals surface area (Å²) >= 11 is 3.28. The smallest absolute Gasteiger partial charge is 0.128 e. The van der Waals surface area contributed by atoms with Gasteiger partial charge in [0.1, 0.15) is 10.9 Å². The Morgan fingerprint density at radius 1 is 1.33 bits per heavy atom. The maximum atomic E-state index is 9.13. The summed E-state index contributed by atoms with van der Waals surface area (Å²) in [5.41, 5.74) is 9.29. The van der Waals surface area contributed by atoms with Gasteiger partial charge in [0.05, 0.1) is 10.6 Å². The minimum Gasteiger partial charge on any atom is -0.397 e. The van der Waals surface area contributed by atoms with E-state index in [1.807, 2.05) is 0 Å². The second-order valence-corrected chi connectivity index (χ2v) is 6.08. The van der Waals surface area contributed by atoms with Crippen LogP contribution >= 0.6 is 22.7 Å². The molecule has 18 heavy (non-hydrogen) atoms. The van der Waals surface area contributed by atoms with E-state index in [-0.39, 0.29) is 0 Å². The van der Waals surface area contributed by atoms with Crippen molar-refractivity contribution in [3.05, 3.63) is 27.5 Å². The SMILES string of the molecule is CCCc1c(-c2sccc2CC)sc(C#N)c1N. The summed E-state index contributed by atoms with van der Waals surface area (Å²) in [7, 11) is 0. The predicted molar refractivity (Wildman–Crippen MR) is 80.1 cm³/mol. The van der Waals surface area contributed by atoms with Crippen molar-refractivity contribution in [2.45, 2.75) is 33.1 Å². The van der Waals surface area contributed by atoms with E-state index in [2.05, 4.69) is 31.4 Å². The maximum absolute atomic E-state index is 9.13. The van der Waals surface area contributed by atoms with Crippen molar-refractivity contribution in [1.29, 1.82) is 5.26 Å². The Morgan fingerprint density at radius 2 is 2.11 bits per heavy atom. The van der Waals surface area contributed by atoms with Crippen LogP contribution < -0.4 is 5.73 Å². The van der Waals surface area contributed by atoms with Gasteiger partial charge in [0.2, 0.25) is 0 Å². The number of nitriles is 1. The number of thiophene rings is 2. The fraction of sp³-hybridized carbons (Fsp3) is 0.357. The molecule has 2 nitrogen and oxygen atoms in total. The van der Waals surface area contributed by atoms with Gasteiger partial charge in [0.15, 0.2) is 0 Å². The summed E-state index contributed by atoms with van der Waals surface area (Å²) in [6, 6.07) is 4.38. The highest BCUT2D eigenvalue weighted by molar-refractivity contribution is 7.22. The average Bonchev–Trinajstić information content (AvgIpc) is 2.95. The van der Waals surface area contributed by atoms with Crippen LogP contribution in [0.15, 0.2) is 11.4 Å². The predicted octanol–water partition coefficient (Wildman–Crippen LogP) is 4.45. The lowest BCUT2D eigenvalue weighted by molar-refractivity contribution is 0.930. The average molecular weight is 276 g/mol. The van der Waals surface area contributed by atoms with Crippen LogP contribution in [-0.2, 0) is 12.8 Å². The summed E-state index contributed by atoms with van der Waals surface area (Å²) in [6.07, 6.45) is 3.01. The highest BCUT2D eigenvalue weighted by Gasteiger charge is 2.19. The first-order valence-electron chi connectivity index (χ1n) is 6.10. The fourth-order valence-corrected chi connectivity index (χ4v) is 4.33. The lowest BCUT2D eigenvalue weighted by atomic mass is 10.1. The second-order valence-electron chi connectivity index (χ2n) is 4.14. The molecule has 0 aliphatic heterocycles. The molecular weight excluding hydrogens is 260 g/mol. The molecule has 2 aromatic heterocycles. The number of hydrogen-bond acceptors (Lipinski definition) is 4. The van der Waals surface area contributed by atoms with E-state index in [0.717, 1.165) is 24.8 Å². The molecule has 0 radical (unpaired) electrons. The van der Waals surface area contributed by atoms with E-state index < -0.39 is 0 Å². The molecular formula is C14H16N2S2. The van der Waals surface area contributed by atoms with Crippen molar-refractivity contribution in [1.82, 2.24) is 0 Å². The van der Waals surface area contributed by atoms with Gasteiger partial charge in [-0.15, -0.1) is 22.7 Å². The van der Waals surface area contributed by atoms with Crippen LogP contribution in [0, 0.1) is 11.3 Å². The van der Waals surface area contributed by atoms with Crippen molar-refractivity contribution in [2.75, 3.05) is 5.73 Å². The Balaban J connectivity index is 2.60. The number of rotatable bonds is 4. The van der Waals surface area contributed by atoms with Crippen molar-refractivity contribution in [2.24, 2.45) is 0 Å². The van der Waals surface area contributed by atoms with Crippen LogP contribution in [0.3, 0.4) is 0 Å². The third-order valence-corrected chi connectivity index (χ3v) is 5.26. The Bertz CT molecular complexity index is 587. The number of nitrogens with zero attached hydrogens (tertiary/aromatic N) is 1. The summed E-state index contributed by atoms with van der Waals surface area (Å²) in [6.45, 7) is 4.30. The zero-order valence-electron chi connectivity index (χ0n) is 10.6. The summed E-state index contributed by atoms with van der Waals surface area (Å²) in [4.78, 5) is 3.15. The number of nitrogens with two attached hydrogens (primary N) is 1. The number of aryl methyl sites for hydroxylation is 1. The minimum atomic E-state index is 0.656. The Labute approximate surface area is 116 Å². The largest absolute Gasteiger partial charge is 0.397 e. The van der Waals surface area contributed by atoms with Crippen molar-refractivity contribution in [3.8, 4) is 15.8 Å². The zero-order chi connectivity index (χ0) is 13.1. The van der Waals surface area contributed by atoms with E-state index in [4.69, 9.17) is 11.0 Å². The minimum absolute atomic E-state index is 0.656. The number of anilines is 1. The first-order chi connectivity index (χ1) is 8.72. The van der Waals surface area contributed by atoms with Gasteiger partial charge in [0, 0.05) is 4.88 Å². The molecule has 0 saturated heterocycles. The summed E-state index contributed by atoms with van der Waals surface area (Å²) in [5.74, 6) is 0. The lowest BCUT2D eigenvalue weighted by Crippen LogP contribution is -1.93. The molecule has 0 fully saturated rings. The molecule has 0 spiro atoms. The molecule has 0 atom stereocenters. The standard InChI is InChI=1S/C14H16N2S2/c1-3-5-10-12(16)11(8-15)18-14(10)13-9(4-2)6-7-17-13/h6-7H,3-5,16H2,1-2H3. The highest BCUT2D eigenvalue weighted by atomic mass is 32.1. The van der Waals surface area contributed by atoms with Crippen LogP contribution in [0.2, 0.25) is 0 Å². The third kappa shape index (κ3) is 2.16. The molecule has 2 rings (SSSR count). The van der Waals surface area contributed by atoms with E-state index >= 15 is 0 Å². The Kier molecular flexibility index (Phi) is 4.05. The quantitative estimate of drug-likeness (QED) is 0.897. The number of nitrogen functional groups attached to an aromatic ring is 1. The van der Waals surface area contributed by atoms with Gasteiger partial charge in [-0.05, 0) is 35.4 Å². The molecule has 2 heterocycles. The lowest BCUT2D eigenvalue weighted by Gasteiger charge is -2.04. The van der Waals surface area contributed by atoms with Crippen LogP contribution in [0.4, 0.5) is 5.69 Å². The van der Waals surface area contributed by atoms with Crippen LogP contribution in [0.25, 0.3) is 9.75 Å². The van der Waals surface area contributed by atoms with E-state index in [1.54, 1.807) is 11.3 Å². The molecule has 4 heteroatoms. The molecule has 0 saturated carbocycles. The first-order valence-corrected chi connectivity index (χ1v) is 7.80. The second kappa shape index (κ2) is 5.55. The van der Waals surface area contributed by atoms with Crippen molar-refractivity contribution >= 4 is 28.4 Å². The Morgan fingerprint density at radius 3 is 2.72 bits per heavy atom. The van der Waals surface area contributed by atoms with Gasteiger partial charge in [-0.25, -0.2) is 0 Å². The fourth-order valence-electron chi connectivity index (χ4n) is 2.06. The van der Waals surface area contributed by atoms with E-state index in [1.165, 1.54) is 26.7 Å². The van der Waals surface area contributed by atoms with E-state index in [9.17, 15) is 0 Å². The molecule has 0 aliphatic rings. The maximum Gasteiger partial charge on any atom is 0.128 e. The van der Waals surface area contributed by atoms with Crippen LogP contribution in [0.5, 0.6) is 0 Å². The molecule has 2 aromatic rings. The van der Waals surface area contributed by atoms with Crippen molar-refractivity contribution < 1.29 is 0 Å². The molecule has 0 amide bonds. The van der Waals surface area contributed by atoms with Gasteiger partial charge in [-0.3, -0.25) is 0 Å². The Hall–Kier alpha value is -1.31. The highest BCUT2D eigenvalue weighted by Crippen LogP contribution is 2.42. The third-order valence-electron chi connectivity index (χ3n) is 2.98. The van der Waals surface area contributed by atoms with E-state index in [0.29, 0.717) is 10.6 Å². The monoisotopic (exact) mass is 276 g/mol. The van der Waals surface area contributed by atoms with Gasteiger partial charge in [-0.1, -0.05) is 20.3 Å². The summed E-state index contributed by atoms with van der Waals surface area (Å²) < 4.78 is 0. The normalized spacial score (nSPS) is 10.5. The first kappa shape index (κ1) is 13.1. The molecule has 0 unspecified atom stereocenters. The topological polar surface area (TPSA) is 49.8 Å². The molecule has 2 N–H and O–H groups in total. The van der Waals surface area contributed by atoms with Gasteiger partial charge >= 0.3 is 0 Å². The molecule has 0 bridgehead atoms. The van der Waals surface area contributed by atoms with Crippen LogP contribution in [-0.4, -0.2) is 0 Å². The molecule has 0 aliphatic carbocycles. The zero-order valence-corrected chi connectivity index (χ0v) is 12.3. The van der Waals surface area contributed by atoms with Gasteiger partial charge in [0.25, 0.3) is 0 Å². The van der Waals surface area contributed by atoms with Crippen LogP contribution in [0.1, 0.15) is 36.3 Å². The molecule has 0 aromatic carbocycles. The van der Waals surface area contributed by atoms with Gasteiger partial charge < -0.3 is 5.73 Å². The molecule has 94 valence electrons. The number of hydrogen-bond donors (Lipinski definition) is 1. The summed E-state index contributed by atoms with van der Waals surface area (Å²) in [5, 5.41) is 11.2. The van der Waals surface area contributed by atoms with Gasteiger partial charge in [-0.2, -0.15) is 5.26 Å². The van der Waals surface area contributed by atoms with Crippen molar-refractivity contribution in [3.63, 3.8) is 0 Å².